The predicted octanol–water partition coefficient (Wildman–Crippen LogP) is 3.82. The van der Waals surface area contributed by atoms with Gasteiger partial charge in [-0.1, -0.05) is 52.0 Å². The van der Waals surface area contributed by atoms with Crippen LogP contribution >= 0.6 is 0 Å². The molecule has 14 heteroatoms. The van der Waals surface area contributed by atoms with E-state index in [1.807, 2.05) is 52.0 Å². The molecule has 2 unspecified atom stereocenters. The van der Waals surface area contributed by atoms with Gasteiger partial charge in [0, 0.05) is 21.2 Å². The first kappa shape index (κ1) is 36.3. The quantitative estimate of drug-likeness (QED) is 0.119. The molecule has 0 heterocycles. The zero-order valence-electron chi connectivity index (χ0n) is 26.4. The van der Waals surface area contributed by atoms with Crippen molar-refractivity contribution in [3.05, 3.63) is 77.9 Å². The van der Waals surface area contributed by atoms with Crippen LogP contribution in [0.5, 0.6) is 0 Å². The molecule has 0 aliphatic heterocycles. The third-order valence-corrected chi connectivity index (χ3v) is 7.09. The number of hydrogen-bond acceptors (Lipinski definition) is 10. The Balaban J connectivity index is 2.46. The summed E-state index contributed by atoms with van der Waals surface area (Å²) in [6, 6.07) is 3.14. The lowest BCUT2D eigenvalue weighted by Gasteiger charge is -2.19. The number of ether oxygens (including phenoxy) is 2. The summed E-state index contributed by atoms with van der Waals surface area (Å²) in [6.45, 7) is 10.3. The second-order valence-corrected chi connectivity index (χ2v) is 10.0. The number of nitrogens with zero attached hydrogens (tertiary/aromatic N) is 2. The van der Waals surface area contributed by atoms with Gasteiger partial charge in [-0.25, -0.2) is 9.59 Å². The molecule has 2 rings (SSSR count). The zero-order chi connectivity index (χ0) is 33.8. The van der Waals surface area contributed by atoms with E-state index in [1.165, 1.54) is 13.8 Å². The fourth-order valence-electron chi connectivity index (χ4n) is 4.96. The summed E-state index contributed by atoms with van der Waals surface area (Å²) in [4.78, 5) is 70.9. The first-order chi connectivity index (χ1) is 21.4. The molecule has 2 N–H and O–H groups in total. The molecular weight excluding hydrogens is 588 g/mol. The van der Waals surface area contributed by atoms with Crippen LogP contribution in [0.1, 0.15) is 74.9 Å². The molecule has 0 saturated heterocycles. The summed E-state index contributed by atoms with van der Waals surface area (Å²) in [6.07, 6.45) is 2.42. The van der Waals surface area contributed by atoms with Crippen molar-refractivity contribution in [2.24, 2.45) is 0 Å². The average molecular weight is 629 g/mol. The number of aryl methyl sites for hydroxylation is 4. The number of esters is 2. The van der Waals surface area contributed by atoms with Crippen LogP contribution in [0.4, 0.5) is 11.4 Å². The minimum absolute atomic E-state index is 0.106. The highest BCUT2D eigenvalue weighted by molar-refractivity contribution is 6.08. The lowest BCUT2D eigenvalue weighted by molar-refractivity contribution is -0.496. The highest BCUT2D eigenvalue weighted by atomic mass is 16.6. The first-order valence-electron chi connectivity index (χ1n) is 14.9. The van der Waals surface area contributed by atoms with Crippen LogP contribution in [0.25, 0.3) is 0 Å². The second kappa shape index (κ2) is 16.8. The van der Waals surface area contributed by atoms with Crippen molar-refractivity contribution in [2.45, 2.75) is 85.7 Å². The summed E-state index contributed by atoms with van der Waals surface area (Å²) in [7, 11) is 0. The summed E-state index contributed by atoms with van der Waals surface area (Å²) in [5.74, 6) is -4.65. The molecule has 0 fully saturated rings. The maximum atomic E-state index is 12.8. The molecule has 45 heavy (non-hydrogen) atoms. The molecule has 0 bridgehead atoms. The monoisotopic (exact) mass is 628 g/mol. The molecule has 0 spiro atoms. The van der Waals surface area contributed by atoms with Gasteiger partial charge in [-0.15, -0.1) is 0 Å². The van der Waals surface area contributed by atoms with Crippen LogP contribution in [-0.2, 0) is 60.8 Å². The minimum Gasteiger partial charge on any atom is -0.460 e. The standard InChI is InChI=1S/C31H40N4O10/c1-7-20-14-18(15-21(8-2)24(20)32-28(36)26(34(40)41)30(38)44-11-5)13-19-16-22(9-3)25(23(10-4)17-19)33-29(37)27(35(42)43)31(39)45-12-6/h14-17,26-27H,7-13H2,1-6H3,(H,32,36)(H,33,37). The van der Waals surface area contributed by atoms with Crippen molar-refractivity contribution >= 4 is 35.1 Å². The Morgan fingerprint density at radius 1 is 0.622 bits per heavy atom. The van der Waals surface area contributed by atoms with Gasteiger partial charge in [0.05, 0.1) is 13.2 Å². The van der Waals surface area contributed by atoms with E-state index in [4.69, 9.17) is 9.47 Å². The highest BCUT2D eigenvalue weighted by Gasteiger charge is 2.41. The average Bonchev–Trinajstić information content (AvgIpc) is 2.98. The van der Waals surface area contributed by atoms with Crippen molar-refractivity contribution in [2.75, 3.05) is 23.8 Å². The van der Waals surface area contributed by atoms with Crippen LogP contribution in [0.3, 0.4) is 0 Å². The number of nitro groups is 2. The smallest absolute Gasteiger partial charge is 0.392 e. The molecule has 2 atom stereocenters. The van der Waals surface area contributed by atoms with Crippen LogP contribution in [0.2, 0.25) is 0 Å². The molecule has 0 aliphatic rings. The maximum Gasteiger partial charge on any atom is 0.392 e. The van der Waals surface area contributed by atoms with E-state index in [-0.39, 0.29) is 13.2 Å². The molecule has 244 valence electrons. The van der Waals surface area contributed by atoms with E-state index < -0.39 is 45.7 Å². The SMILES string of the molecule is CCOC(=O)C(C(=O)Nc1c(CC)cc(Cc2cc(CC)c(NC(=O)C(C(=O)OCC)[N+](=O)[O-])c(CC)c2)cc1CC)[N+](=O)[O-]. The zero-order valence-corrected chi connectivity index (χ0v) is 26.4. The summed E-state index contributed by atoms with van der Waals surface area (Å²) in [5.41, 5.74) is 5.52. The number of nitrogens with one attached hydrogen (secondary N) is 2. The lowest BCUT2D eigenvalue weighted by Crippen LogP contribution is -2.42. The van der Waals surface area contributed by atoms with E-state index >= 15 is 0 Å². The van der Waals surface area contributed by atoms with Crippen molar-refractivity contribution in [3.63, 3.8) is 0 Å². The largest absolute Gasteiger partial charge is 0.460 e. The normalized spacial score (nSPS) is 12.0. The van der Waals surface area contributed by atoms with Crippen LogP contribution < -0.4 is 10.6 Å². The molecule has 0 radical (unpaired) electrons. The topological polar surface area (TPSA) is 197 Å². The van der Waals surface area contributed by atoms with Crippen LogP contribution in [0.15, 0.2) is 24.3 Å². The van der Waals surface area contributed by atoms with Gasteiger partial charge in [-0.05, 0) is 79.3 Å². The van der Waals surface area contributed by atoms with Gasteiger partial charge < -0.3 is 20.1 Å². The second-order valence-electron chi connectivity index (χ2n) is 10.0. The van der Waals surface area contributed by atoms with E-state index in [9.17, 15) is 39.4 Å². The van der Waals surface area contributed by atoms with Gasteiger partial charge in [-0.2, -0.15) is 0 Å². The molecule has 0 saturated carbocycles. The molecule has 2 amide bonds. The molecular formula is C31H40N4O10. The van der Waals surface area contributed by atoms with Crippen molar-refractivity contribution < 1.29 is 38.5 Å². The Kier molecular flexibility index (Phi) is 13.6. The third kappa shape index (κ3) is 9.06. The number of rotatable bonds is 16. The number of hydrogen-bond donors (Lipinski definition) is 2. The Hall–Kier alpha value is -4.88. The third-order valence-electron chi connectivity index (χ3n) is 7.09. The molecule has 0 aliphatic carbocycles. The van der Waals surface area contributed by atoms with Crippen molar-refractivity contribution in [3.8, 4) is 0 Å². The van der Waals surface area contributed by atoms with E-state index in [1.54, 1.807) is 0 Å². The number of amides is 2. The number of anilines is 2. The van der Waals surface area contributed by atoms with Gasteiger partial charge in [0.25, 0.3) is 0 Å². The summed E-state index contributed by atoms with van der Waals surface area (Å²) in [5, 5.41) is 28.2. The Bertz CT molecular complexity index is 1300. The Morgan fingerprint density at radius 3 is 1.13 bits per heavy atom. The van der Waals surface area contributed by atoms with Gasteiger partial charge in [-0.3, -0.25) is 29.8 Å². The number of benzene rings is 2. The van der Waals surface area contributed by atoms with Crippen LogP contribution in [0, 0.1) is 20.2 Å². The first-order valence-corrected chi connectivity index (χ1v) is 14.9. The number of carbonyl (C=O) groups excluding carboxylic acids is 4. The molecule has 14 nitrogen and oxygen atoms in total. The van der Waals surface area contributed by atoms with E-state index in [2.05, 4.69) is 10.6 Å². The molecule has 2 aromatic rings. The molecule has 2 aromatic carbocycles. The Morgan fingerprint density at radius 2 is 0.911 bits per heavy atom. The fraction of sp³-hybridized carbons (Fsp3) is 0.484. The van der Waals surface area contributed by atoms with Crippen molar-refractivity contribution in [1.82, 2.24) is 0 Å². The maximum absolute atomic E-state index is 12.8. The summed E-state index contributed by atoms with van der Waals surface area (Å²) >= 11 is 0. The predicted molar refractivity (Wildman–Crippen MR) is 165 cm³/mol. The van der Waals surface area contributed by atoms with Crippen LogP contribution in [-0.4, -0.2) is 58.9 Å². The highest BCUT2D eigenvalue weighted by Crippen LogP contribution is 2.30. The van der Waals surface area contributed by atoms with E-state index in [0.29, 0.717) is 43.5 Å². The molecule has 0 aromatic heterocycles. The van der Waals surface area contributed by atoms with Gasteiger partial charge >= 0.3 is 35.8 Å². The summed E-state index contributed by atoms with van der Waals surface area (Å²) < 4.78 is 9.43. The number of carbonyl (C=O) groups is 4. The fourth-order valence-corrected chi connectivity index (χ4v) is 4.96. The van der Waals surface area contributed by atoms with Gasteiger partial charge in [0.15, 0.2) is 0 Å². The van der Waals surface area contributed by atoms with Gasteiger partial charge in [0.2, 0.25) is 0 Å². The lowest BCUT2D eigenvalue weighted by atomic mass is 9.92. The van der Waals surface area contributed by atoms with E-state index in [0.717, 1.165) is 33.4 Å². The Labute approximate surface area is 261 Å². The minimum atomic E-state index is -2.20. The van der Waals surface area contributed by atoms with Gasteiger partial charge in [0.1, 0.15) is 0 Å². The van der Waals surface area contributed by atoms with Crippen molar-refractivity contribution in [1.29, 1.82) is 0 Å².